The van der Waals surface area contributed by atoms with Crippen molar-refractivity contribution < 1.29 is 14.3 Å². The first-order chi connectivity index (χ1) is 14.2. The molecule has 0 radical (unpaired) electrons. The predicted molar refractivity (Wildman–Crippen MR) is 116 cm³/mol. The molecular formula is C25H27NO3. The molecule has 0 saturated heterocycles. The lowest BCUT2D eigenvalue weighted by molar-refractivity contribution is 0.0937. The first kappa shape index (κ1) is 19.3. The van der Waals surface area contributed by atoms with Crippen LogP contribution >= 0.6 is 0 Å². The summed E-state index contributed by atoms with van der Waals surface area (Å²) in [6, 6.07) is 20.1. The maximum Gasteiger partial charge on any atom is 0.251 e. The minimum absolute atomic E-state index is 0.0214. The Balaban J connectivity index is 1.51. The maximum atomic E-state index is 12.6. The van der Waals surface area contributed by atoms with Crippen LogP contribution in [0.4, 0.5) is 0 Å². The van der Waals surface area contributed by atoms with E-state index in [1.165, 1.54) is 18.2 Å². The summed E-state index contributed by atoms with van der Waals surface area (Å²) >= 11 is 0. The van der Waals surface area contributed by atoms with Gasteiger partial charge in [-0.15, -0.1) is 0 Å². The van der Waals surface area contributed by atoms with Crippen LogP contribution in [0.15, 0.2) is 60.7 Å². The lowest BCUT2D eigenvalue weighted by atomic mass is 10.1. The topological polar surface area (TPSA) is 47.6 Å². The van der Waals surface area contributed by atoms with Gasteiger partial charge in [-0.3, -0.25) is 4.79 Å². The normalized spacial score (nSPS) is 14.1. The second kappa shape index (κ2) is 8.99. The van der Waals surface area contributed by atoms with Crippen LogP contribution < -0.4 is 14.8 Å². The van der Waals surface area contributed by atoms with Gasteiger partial charge in [0, 0.05) is 17.2 Å². The zero-order chi connectivity index (χ0) is 20.1. The number of rotatable bonds is 7. The second-order valence-electron chi connectivity index (χ2n) is 7.51. The van der Waals surface area contributed by atoms with Gasteiger partial charge in [0.1, 0.15) is 18.1 Å². The Hall–Kier alpha value is -3.01. The molecule has 3 aromatic rings. The molecule has 150 valence electrons. The highest BCUT2D eigenvalue weighted by atomic mass is 16.5. The quantitative estimate of drug-likeness (QED) is 0.581. The van der Waals surface area contributed by atoms with Crippen LogP contribution in [-0.2, 0) is 6.61 Å². The summed E-state index contributed by atoms with van der Waals surface area (Å²) in [5.41, 5.74) is 1.52. The minimum Gasteiger partial charge on any atom is -0.493 e. The Bertz CT molecular complexity index is 992. The Morgan fingerprint density at radius 1 is 0.966 bits per heavy atom. The first-order valence-corrected chi connectivity index (χ1v) is 10.4. The van der Waals surface area contributed by atoms with Crippen LogP contribution in [-0.4, -0.2) is 18.6 Å². The highest BCUT2D eigenvalue weighted by Gasteiger charge is 2.19. The average molecular weight is 389 g/mol. The van der Waals surface area contributed by atoms with Crippen molar-refractivity contribution in [2.24, 2.45) is 0 Å². The molecule has 0 heterocycles. The first-order valence-electron chi connectivity index (χ1n) is 10.4. The van der Waals surface area contributed by atoms with Gasteiger partial charge in [0.15, 0.2) is 0 Å². The van der Waals surface area contributed by atoms with Gasteiger partial charge >= 0.3 is 0 Å². The van der Waals surface area contributed by atoms with E-state index in [1.54, 1.807) is 0 Å². The molecule has 0 aromatic heterocycles. The van der Waals surface area contributed by atoms with Crippen LogP contribution in [0.5, 0.6) is 11.5 Å². The molecule has 3 aromatic carbocycles. The zero-order valence-electron chi connectivity index (χ0n) is 16.8. The van der Waals surface area contributed by atoms with Gasteiger partial charge in [0.25, 0.3) is 5.91 Å². The van der Waals surface area contributed by atoms with Crippen molar-refractivity contribution >= 4 is 16.7 Å². The van der Waals surface area contributed by atoms with E-state index < -0.39 is 0 Å². The Morgan fingerprint density at radius 3 is 2.55 bits per heavy atom. The standard InChI is InChI=1S/C25H27NO3/c1-2-28-24-14-12-20(25(27)26-22-9-5-6-10-22)15-21(24)17-29-23-13-11-18-7-3-4-8-19(18)16-23/h3-4,7-8,11-16,22H,2,5-6,9-10,17H2,1H3,(H,26,27). The Labute approximate surface area is 171 Å². The van der Waals surface area contributed by atoms with Gasteiger partial charge in [-0.05, 0) is 60.9 Å². The third-order valence-corrected chi connectivity index (χ3v) is 5.43. The van der Waals surface area contributed by atoms with Crippen LogP contribution in [0.3, 0.4) is 0 Å². The summed E-state index contributed by atoms with van der Waals surface area (Å²) in [7, 11) is 0. The summed E-state index contributed by atoms with van der Waals surface area (Å²) in [5, 5.41) is 5.47. The van der Waals surface area contributed by atoms with Gasteiger partial charge in [-0.2, -0.15) is 0 Å². The number of carbonyl (C=O) groups excluding carboxylic acids is 1. The van der Waals surface area contributed by atoms with E-state index in [9.17, 15) is 4.79 Å². The smallest absolute Gasteiger partial charge is 0.251 e. The molecule has 1 fully saturated rings. The van der Waals surface area contributed by atoms with Crippen molar-refractivity contribution in [1.29, 1.82) is 0 Å². The summed E-state index contributed by atoms with van der Waals surface area (Å²) in [6.45, 7) is 2.86. The molecule has 1 aliphatic rings. The van der Waals surface area contributed by atoms with Crippen molar-refractivity contribution in [3.8, 4) is 11.5 Å². The molecule has 0 atom stereocenters. The number of ether oxygens (including phenoxy) is 2. The molecule has 29 heavy (non-hydrogen) atoms. The lowest BCUT2D eigenvalue weighted by Crippen LogP contribution is -2.32. The second-order valence-corrected chi connectivity index (χ2v) is 7.51. The van der Waals surface area contributed by atoms with E-state index in [1.807, 2.05) is 49.4 Å². The van der Waals surface area contributed by atoms with Crippen molar-refractivity contribution in [2.75, 3.05) is 6.61 Å². The highest BCUT2D eigenvalue weighted by molar-refractivity contribution is 5.94. The molecule has 4 rings (SSSR count). The van der Waals surface area contributed by atoms with E-state index >= 15 is 0 Å². The van der Waals surface area contributed by atoms with E-state index in [-0.39, 0.29) is 5.91 Å². The van der Waals surface area contributed by atoms with Crippen molar-refractivity contribution in [1.82, 2.24) is 5.32 Å². The van der Waals surface area contributed by atoms with Crippen molar-refractivity contribution in [3.05, 3.63) is 71.8 Å². The molecular weight excluding hydrogens is 362 g/mol. The molecule has 0 bridgehead atoms. The van der Waals surface area contributed by atoms with E-state index in [0.29, 0.717) is 24.8 Å². The Kier molecular flexibility index (Phi) is 5.99. The molecule has 0 spiro atoms. The number of benzene rings is 3. The summed E-state index contributed by atoms with van der Waals surface area (Å²) in [5.74, 6) is 1.53. The largest absolute Gasteiger partial charge is 0.493 e. The van der Waals surface area contributed by atoms with Crippen LogP contribution in [0.1, 0.15) is 48.5 Å². The fourth-order valence-corrected chi connectivity index (χ4v) is 3.89. The van der Waals surface area contributed by atoms with Gasteiger partial charge in [0.05, 0.1) is 6.61 Å². The monoisotopic (exact) mass is 389 g/mol. The number of amides is 1. The third-order valence-electron chi connectivity index (χ3n) is 5.43. The summed E-state index contributed by atoms with van der Waals surface area (Å²) in [4.78, 5) is 12.6. The van der Waals surface area contributed by atoms with Gasteiger partial charge < -0.3 is 14.8 Å². The third kappa shape index (κ3) is 4.70. The molecule has 0 aliphatic heterocycles. The van der Waals surface area contributed by atoms with Crippen molar-refractivity contribution in [3.63, 3.8) is 0 Å². The number of fused-ring (bicyclic) bond motifs is 1. The number of hydrogen-bond acceptors (Lipinski definition) is 3. The van der Waals surface area contributed by atoms with Crippen molar-refractivity contribution in [2.45, 2.75) is 45.3 Å². The molecule has 0 unspecified atom stereocenters. The van der Waals surface area contributed by atoms with Gasteiger partial charge in [-0.25, -0.2) is 0 Å². The van der Waals surface area contributed by atoms with Crippen LogP contribution in [0, 0.1) is 0 Å². The average Bonchev–Trinajstić information content (AvgIpc) is 3.26. The zero-order valence-corrected chi connectivity index (χ0v) is 16.8. The van der Waals surface area contributed by atoms with E-state index in [4.69, 9.17) is 9.47 Å². The molecule has 1 aliphatic carbocycles. The Morgan fingerprint density at radius 2 is 1.76 bits per heavy atom. The van der Waals surface area contributed by atoms with Crippen LogP contribution in [0.25, 0.3) is 10.8 Å². The summed E-state index contributed by atoms with van der Waals surface area (Å²) < 4.78 is 11.8. The van der Waals surface area contributed by atoms with Crippen LogP contribution in [0.2, 0.25) is 0 Å². The molecule has 1 N–H and O–H groups in total. The lowest BCUT2D eigenvalue weighted by Gasteiger charge is -2.15. The predicted octanol–water partition coefficient (Wildman–Crippen LogP) is 5.49. The minimum atomic E-state index is -0.0214. The molecule has 1 amide bonds. The van der Waals surface area contributed by atoms with E-state index in [0.717, 1.165) is 35.3 Å². The van der Waals surface area contributed by atoms with E-state index in [2.05, 4.69) is 23.5 Å². The molecule has 4 heteroatoms. The maximum absolute atomic E-state index is 12.6. The fraction of sp³-hybridized carbons (Fsp3) is 0.320. The SMILES string of the molecule is CCOc1ccc(C(=O)NC2CCCC2)cc1COc1ccc2ccccc2c1. The molecule has 1 saturated carbocycles. The van der Waals surface area contributed by atoms with Gasteiger partial charge in [-0.1, -0.05) is 43.2 Å². The molecule has 4 nitrogen and oxygen atoms in total. The number of nitrogens with one attached hydrogen (secondary N) is 1. The number of carbonyl (C=O) groups is 1. The number of hydrogen-bond donors (Lipinski definition) is 1. The summed E-state index contributed by atoms with van der Waals surface area (Å²) in [6.07, 6.45) is 4.53. The van der Waals surface area contributed by atoms with Gasteiger partial charge in [0.2, 0.25) is 0 Å². The highest BCUT2D eigenvalue weighted by Crippen LogP contribution is 2.25. The fourth-order valence-electron chi connectivity index (χ4n) is 3.89.